The minimum absolute atomic E-state index is 0.0279. The van der Waals surface area contributed by atoms with Crippen molar-refractivity contribution in [2.75, 3.05) is 6.54 Å². The molecule has 0 aliphatic heterocycles. The Balaban J connectivity index is 3.03. The van der Waals surface area contributed by atoms with Gasteiger partial charge in [0, 0.05) is 6.42 Å². The summed E-state index contributed by atoms with van der Waals surface area (Å²) in [6.07, 6.45) is -1.60. The van der Waals surface area contributed by atoms with E-state index >= 15 is 0 Å². The molecule has 3 unspecified atom stereocenters. The maximum absolute atomic E-state index is 12.8. The van der Waals surface area contributed by atoms with Gasteiger partial charge in [0.15, 0.2) is 0 Å². The van der Waals surface area contributed by atoms with Crippen LogP contribution in [-0.2, 0) is 35.2 Å². The molecule has 0 saturated heterocycles. The van der Waals surface area contributed by atoms with Crippen molar-refractivity contribution in [2.45, 2.75) is 37.4 Å². The van der Waals surface area contributed by atoms with Crippen LogP contribution in [0.15, 0.2) is 30.3 Å². The zero-order valence-corrected chi connectivity index (χ0v) is 16.9. The Labute approximate surface area is 182 Å². The third kappa shape index (κ3) is 9.21. The van der Waals surface area contributed by atoms with E-state index in [-0.39, 0.29) is 6.42 Å². The van der Waals surface area contributed by atoms with Crippen LogP contribution in [0, 0.1) is 0 Å². The lowest BCUT2D eigenvalue weighted by molar-refractivity contribution is -0.147. The van der Waals surface area contributed by atoms with E-state index in [0.29, 0.717) is 5.56 Å². The van der Waals surface area contributed by atoms with Gasteiger partial charge in [0.05, 0.1) is 19.4 Å². The highest BCUT2D eigenvalue weighted by atomic mass is 16.4. The summed E-state index contributed by atoms with van der Waals surface area (Å²) in [5.74, 6) is -6.73. The van der Waals surface area contributed by atoms with Gasteiger partial charge in [-0.25, -0.2) is 4.79 Å². The molecule has 1 aromatic carbocycles. The molecule has 0 fully saturated rings. The second-order valence-electron chi connectivity index (χ2n) is 6.74. The van der Waals surface area contributed by atoms with Crippen molar-refractivity contribution in [2.24, 2.45) is 11.5 Å². The van der Waals surface area contributed by atoms with Crippen molar-refractivity contribution in [1.82, 2.24) is 16.0 Å². The van der Waals surface area contributed by atoms with E-state index in [0.717, 1.165) is 0 Å². The highest BCUT2D eigenvalue weighted by molar-refractivity contribution is 5.96. The minimum atomic E-state index is -1.80. The fourth-order valence-electron chi connectivity index (χ4n) is 2.64. The number of carbonyl (C=O) groups excluding carboxylic acids is 4. The lowest BCUT2D eigenvalue weighted by Crippen LogP contribution is -2.57. The molecule has 9 N–H and O–H groups in total. The van der Waals surface area contributed by atoms with Crippen molar-refractivity contribution >= 4 is 35.6 Å². The highest BCUT2D eigenvalue weighted by Crippen LogP contribution is 2.05. The topological polar surface area (TPSA) is 231 Å². The first kappa shape index (κ1) is 26.0. The summed E-state index contributed by atoms with van der Waals surface area (Å²) >= 11 is 0. The number of carboxylic acid groups (broad SMARTS) is 2. The predicted octanol–water partition coefficient (Wildman–Crippen LogP) is -2.92. The molecule has 3 atom stereocenters. The predicted molar refractivity (Wildman–Crippen MR) is 109 cm³/mol. The molecule has 0 saturated carbocycles. The number of primary amides is 1. The molecule has 13 heteroatoms. The van der Waals surface area contributed by atoms with Crippen LogP contribution in [0.2, 0.25) is 0 Å². The summed E-state index contributed by atoms with van der Waals surface area (Å²) in [6, 6.07) is 4.00. The van der Waals surface area contributed by atoms with Crippen LogP contribution in [0.3, 0.4) is 0 Å². The zero-order chi connectivity index (χ0) is 24.3. The average molecular weight is 451 g/mol. The molecule has 0 aliphatic carbocycles. The molecule has 13 nitrogen and oxygen atoms in total. The quantitative estimate of drug-likeness (QED) is 0.162. The standard InChI is InChI=1S/C19H25N5O8/c20-9-15(26)22-11(6-10-4-2-1-3-5-10)17(29)23-12(7-14(21)25)18(30)24-13(19(31)32)8-16(27)28/h1-5,11-13H,6-9,20H2,(H2,21,25)(H,22,26)(H,23,29)(H,24,30)(H,27,28)(H,31,32). The lowest BCUT2D eigenvalue weighted by Gasteiger charge is -2.23. The summed E-state index contributed by atoms with van der Waals surface area (Å²) in [5.41, 5.74) is 11.1. The summed E-state index contributed by atoms with van der Waals surface area (Å²) in [5, 5.41) is 24.5. The second kappa shape index (κ2) is 12.6. The van der Waals surface area contributed by atoms with Crippen molar-refractivity contribution in [3.63, 3.8) is 0 Å². The number of aliphatic carboxylic acids is 2. The molecule has 1 aromatic rings. The van der Waals surface area contributed by atoms with Crippen LogP contribution in [0.25, 0.3) is 0 Å². The first-order chi connectivity index (χ1) is 15.0. The van der Waals surface area contributed by atoms with E-state index in [1.165, 1.54) is 0 Å². The molecule has 1 rings (SSSR count). The van der Waals surface area contributed by atoms with Gasteiger partial charge in [-0.15, -0.1) is 0 Å². The molecule has 174 valence electrons. The van der Waals surface area contributed by atoms with Crippen molar-refractivity contribution in [3.8, 4) is 0 Å². The summed E-state index contributed by atoms with van der Waals surface area (Å²) < 4.78 is 0. The van der Waals surface area contributed by atoms with E-state index in [1.807, 2.05) is 5.32 Å². The number of nitrogens with two attached hydrogens (primary N) is 2. The summed E-state index contributed by atoms with van der Waals surface area (Å²) in [7, 11) is 0. The molecule has 4 amide bonds. The molecule has 0 bridgehead atoms. The molecule has 0 heterocycles. The van der Waals surface area contributed by atoms with Crippen molar-refractivity contribution in [1.29, 1.82) is 0 Å². The normalized spacial score (nSPS) is 13.2. The number of carboxylic acids is 2. The summed E-state index contributed by atoms with van der Waals surface area (Å²) in [4.78, 5) is 70.4. The smallest absolute Gasteiger partial charge is 0.326 e. The van der Waals surface area contributed by atoms with E-state index in [9.17, 15) is 28.8 Å². The van der Waals surface area contributed by atoms with Crippen LogP contribution in [0.5, 0.6) is 0 Å². The number of amides is 4. The fraction of sp³-hybridized carbons (Fsp3) is 0.368. The third-order valence-electron chi connectivity index (χ3n) is 4.15. The number of nitrogens with one attached hydrogen (secondary N) is 3. The van der Waals surface area contributed by atoms with Gasteiger partial charge in [0.25, 0.3) is 0 Å². The monoisotopic (exact) mass is 451 g/mol. The van der Waals surface area contributed by atoms with Crippen LogP contribution in [0.1, 0.15) is 18.4 Å². The van der Waals surface area contributed by atoms with Gasteiger partial charge in [-0.2, -0.15) is 0 Å². The van der Waals surface area contributed by atoms with Gasteiger partial charge in [-0.1, -0.05) is 30.3 Å². The number of hydrogen-bond acceptors (Lipinski definition) is 7. The Morgan fingerprint density at radius 1 is 0.812 bits per heavy atom. The number of rotatable bonds is 13. The largest absolute Gasteiger partial charge is 0.481 e. The Kier molecular flexibility index (Phi) is 10.3. The molecular weight excluding hydrogens is 426 g/mol. The summed E-state index contributed by atoms with van der Waals surface area (Å²) in [6.45, 7) is -0.404. The van der Waals surface area contributed by atoms with Crippen LogP contribution >= 0.6 is 0 Å². The van der Waals surface area contributed by atoms with Gasteiger partial charge in [-0.3, -0.25) is 24.0 Å². The first-order valence-corrected chi connectivity index (χ1v) is 9.40. The third-order valence-corrected chi connectivity index (χ3v) is 4.15. The van der Waals surface area contributed by atoms with Gasteiger partial charge in [0.1, 0.15) is 18.1 Å². The van der Waals surface area contributed by atoms with E-state index in [4.69, 9.17) is 21.7 Å². The maximum atomic E-state index is 12.8. The number of hydrogen-bond donors (Lipinski definition) is 7. The Hall–Kier alpha value is -4.00. The van der Waals surface area contributed by atoms with E-state index < -0.39 is 73.1 Å². The zero-order valence-electron chi connectivity index (χ0n) is 16.9. The molecule has 32 heavy (non-hydrogen) atoms. The SMILES string of the molecule is NCC(=O)NC(Cc1ccccc1)C(=O)NC(CC(N)=O)C(=O)NC(CC(=O)O)C(=O)O. The van der Waals surface area contributed by atoms with Gasteiger partial charge in [0.2, 0.25) is 23.6 Å². The van der Waals surface area contributed by atoms with Crippen LogP contribution in [-0.4, -0.2) is 70.5 Å². The van der Waals surface area contributed by atoms with Crippen LogP contribution in [0.4, 0.5) is 0 Å². The molecule has 0 aromatic heterocycles. The number of benzene rings is 1. The molecular formula is C19H25N5O8. The van der Waals surface area contributed by atoms with Gasteiger partial charge in [-0.05, 0) is 5.56 Å². The van der Waals surface area contributed by atoms with Gasteiger partial charge < -0.3 is 37.6 Å². The average Bonchev–Trinajstić information content (AvgIpc) is 2.72. The van der Waals surface area contributed by atoms with E-state index in [1.54, 1.807) is 30.3 Å². The highest BCUT2D eigenvalue weighted by Gasteiger charge is 2.31. The molecule has 0 spiro atoms. The minimum Gasteiger partial charge on any atom is -0.481 e. The Morgan fingerprint density at radius 2 is 1.38 bits per heavy atom. The molecule has 0 aliphatic rings. The Bertz CT molecular complexity index is 861. The van der Waals surface area contributed by atoms with Gasteiger partial charge >= 0.3 is 11.9 Å². The van der Waals surface area contributed by atoms with Crippen LogP contribution < -0.4 is 27.4 Å². The Morgan fingerprint density at radius 3 is 1.88 bits per heavy atom. The number of carbonyl (C=O) groups is 6. The first-order valence-electron chi connectivity index (χ1n) is 9.40. The molecule has 0 radical (unpaired) electrons. The van der Waals surface area contributed by atoms with E-state index in [2.05, 4.69) is 10.6 Å². The van der Waals surface area contributed by atoms with Crippen molar-refractivity contribution < 1.29 is 39.0 Å². The van der Waals surface area contributed by atoms with Crippen molar-refractivity contribution in [3.05, 3.63) is 35.9 Å². The second-order valence-corrected chi connectivity index (χ2v) is 6.74. The maximum Gasteiger partial charge on any atom is 0.326 e. The lowest BCUT2D eigenvalue weighted by atomic mass is 10.0. The fourth-order valence-corrected chi connectivity index (χ4v) is 2.64.